The van der Waals surface area contributed by atoms with Gasteiger partial charge in [0.05, 0.1) is 31.6 Å². The molecule has 4 rings (SSSR count). The summed E-state index contributed by atoms with van der Waals surface area (Å²) >= 11 is 1.25. The quantitative estimate of drug-likeness (QED) is 0.498. The summed E-state index contributed by atoms with van der Waals surface area (Å²) in [5, 5.41) is 9.79. The predicted molar refractivity (Wildman–Crippen MR) is 131 cm³/mol. The molecule has 0 bridgehead atoms. The summed E-state index contributed by atoms with van der Waals surface area (Å²) in [6.07, 6.45) is 7.61. The molecule has 1 aliphatic carbocycles. The second-order valence-electron chi connectivity index (χ2n) is 8.61. The van der Waals surface area contributed by atoms with E-state index in [1.165, 1.54) is 36.2 Å². The molecule has 1 aromatic heterocycles. The summed E-state index contributed by atoms with van der Waals surface area (Å²) in [5.74, 6) is -0.662. The van der Waals surface area contributed by atoms with Gasteiger partial charge in [-0.1, -0.05) is 11.6 Å². The van der Waals surface area contributed by atoms with Crippen LogP contribution in [-0.2, 0) is 11.2 Å². The van der Waals surface area contributed by atoms with Gasteiger partial charge in [-0.05, 0) is 51.2 Å². The maximum absolute atomic E-state index is 14.1. The van der Waals surface area contributed by atoms with Gasteiger partial charge in [0.1, 0.15) is 23.4 Å². The number of nitrogens with zero attached hydrogens (tertiary/aromatic N) is 1. The van der Waals surface area contributed by atoms with Crippen LogP contribution in [0.25, 0.3) is 0 Å². The first kappa shape index (κ1) is 24.4. The minimum Gasteiger partial charge on any atom is -0.494 e. The van der Waals surface area contributed by atoms with Crippen LogP contribution in [0.15, 0.2) is 34.8 Å². The van der Waals surface area contributed by atoms with Crippen LogP contribution in [0.1, 0.15) is 65.6 Å². The molecule has 6 nitrogen and oxygen atoms in total. The number of carboxylic acids is 1. The fourth-order valence-electron chi connectivity index (χ4n) is 4.33. The Bertz CT molecular complexity index is 1100. The molecule has 0 saturated carbocycles. The summed E-state index contributed by atoms with van der Waals surface area (Å²) in [5.41, 5.74) is 3.32. The zero-order valence-corrected chi connectivity index (χ0v) is 20.4. The SMILES string of the molecule is COc1c(C(=O)O)sc2c1C(=Nc1ccc(F)cc1OC1CCOCC1)CCCC=C(C)CC2. The molecule has 34 heavy (non-hydrogen) atoms. The van der Waals surface area contributed by atoms with Gasteiger partial charge in [0.2, 0.25) is 0 Å². The second kappa shape index (κ2) is 11.1. The van der Waals surface area contributed by atoms with Crippen molar-refractivity contribution in [1.82, 2.24) is 0 Å². The largest absolute Gasteiger partial charge is 0.494 e. The lowest BCUT2D eigenvalue weighted by atomic mass is 9.97. The summed E-state index contributed by atoms with van der Waals surface area (Å²) in [7, 11) is 1.49. The van der Waals surface area contributed by atoms with Crippen LogP contribution in [0.3, 0.4) is 0 Å². The van der Waals surface area contributed by atoms with Crippen molar-refractivity contribution in [3.8, 4) is 11.5 Å². The van der Waals surface area contributed by atoms with Crippen LogP contribution in [0.5, 0.6) is 11.5 Å². The number of benzene rings is 1. The highest BCUT2D eigenvalue weighted by Gasteiger charge is 2.27. The van der Waals surface area contributed by atoms with Crippen LogP contribution in [0, 0.1) is 5.82 Å². The lowest BCUT2D eigenvalue weighted by Gasteiger charge is -2.24. The summed E-state index contributed by atoms with van der Waals surface area (Å²) in [6, 6.07) is 4.36. The molecule has 0 atom stereocenters. The van der Waals surface area contributed by atoms with Gasteiger partial charge in [-0.25, -0.2) is 14.2 Å². The number of carboxylic acid groups (broad SMARTS) is 1. The molecule has 1 aliphatic heterocycles. The van der Waals surface area contributed by atoms with E-state index in [4.69, 9.17) is 19.2 Å². The van der Waals surface area contributed by atoms with Gasteiger partial charge in [0, 0.05) is 23.8 Å². The van der Waals surface area contributed by atoms with Crippen molar-refractivity contribution in [2.75, 3.05) is 20.3 Å². The summed E-state index contributed by atoms with van der Waals surface area (Å²) < 4.78 is 31.3. The van der Waals surface area contributed by atoms with Crippen molar-refractivity contribution < 1.29 is 28.5 Å². The van der Waals surface area contributed by atoms with E-state index in [1.807, 2.05) is 0 Å². The Balaban J connectivity index is 1.80. The third kappa shape index (κ3) is 5.67. The summed E-state index contributed by atoms with van der Waals surface area (Å²) in [4.78, 5) is 18.0. The molecule has 2 aromatic rings. The van der Waals surface area contributed by atoms with E-state index in [0.717, 1.165) is 48.3 Å². The molecule has 0 unspecified atom stereocenters. The molecule has 1 N–H and O–H groups in total. The number of aliphatic imine (C=N–C) groups is 1. The molecule has 8 heteroatoms. The first-order chi connectivity index (χ1) is 16.5. The van der Waals surface area contributed by atoms with E-state index in [0.29, 0.717) is 43.2 Å². The van der Waals surface area contributed by atoms with Crippen molar-refractivity contribution in [2.24, 2.45) is 4.99 Å². The number of rotatable bonds is 5. The highest BCUT2D eigenvalue weighted by molar-refractivity contribution is 7.14. The number of thiophene rings is 1. The van der Waals surface area contributed by atoms with Crippen LogP contribution < -0.4 is 9.47 Å². The average molecular weight is 488 g/mol. The Morgan fingerprint density at radius 3 is 2.76 bits per heavy atom. The van der Waals surface area contributed by atoms with E-state index < -0.39 is 5.97 Å². The average Bonchev–Trinajstić information content (AvgIpc) is 3.20. The topological polar surface area (TPSA) is 77.4 Å². The number of ether oxygens (including phenoxy) is 3. The molecule has 182 valence electrons. The minimum absolute atomic E-state index is 0.0588. The first-order valence-electron chi connectivity index (χ1n) is 11.7. The molecule has 0 amide bonds. The third-order valence-electron chi connectivity index (χ3n) is 6.12. The zero-order valence-electron chi connectivity index (χ0n) is 19.6. The number of fused-ring (bicyclic) bond motifs is 1. The zero-order chi connectivity index (χ0) is 24.1. The van der Waals surface area contributed by atoms with Crippen molar-refractivity contribution in [1.29, 1.82) is 0 Å². The number of aryl methyl sites for hydroxylation is 1. The molecule has 1 aromatic carbocycles. The lowest BCUT2D eigenvalue weighted by Crippen LogP contribution is -2.26. The minimum atomic E-state index is -1.01. The van der Waals surface area contributed by atoms with E-state index in [1.54, 1.807) is 6.07 Å². The van der Waals surface area contributed by atoms with Crippen LogP contribution in [-0.4, -0.2) is 43.2 Å². The van der Waals surface area contributed by atoms with Gasteiger partial charge in [-0.2, -0.15) is 0 Å². The maximum Gasteiger partial charge on any atom is 0.349 e. The standard InChI is InChI=1S/C26H30FNO5S/c1-16-5-3-4-6-20(23-22(10-7-16)34-25(26(29)30)24(23)31-2)28-19-9-8-17(27)15-21(19)33-18-11-13-32-14-12-18/h5,8-9,15,18H,3-4,6-7,10-14H2,1-2H3,(H,29,30). The number of aromatic carboxylic acids is 1. The van der Waals surface area contributed by atoms with E-state index >= 15 is 0 Å². The molecule has 1 fully saturated rings. The van der Waals surface area contributed by atoms with Gasteiger partial charge < -0.3 is 19.3 Å². The highest BCUT2D eigenvalue weighted by Crippen LogP contribution is 2.40. The van der Waals surface area contributed by atoms with E-state index in [-0.39, 0.29) is 16.8 Å². The monoisotopic (exact) mass is 487 g/mol. The maximum atomic E-state index is 14.1. The lowest BCUT2D eigenvalue weighted by molar-refractivity contribution is 0.0257. The number of halogens is 1. The molecule has 2 aliphatic rings. The smallest absolute Gasteiger partial charge is 0.349 e. The summed E-state index contributed by atoms with van der Waals surface area (Å²) in [6.45, 7) is 3.34. The number of hydrogen-bond acceptors (Lipinski definition) is 6. The number of methoxy groups -OCH3 is 1. The van der Waals surface area contributed by atoms with Crippen LogP contribution in [0.2, 0.25) is 0 Å². The number of carbonyl (C=O) groups is 1. The molecular formula is C26H30FNO5S. The Kier molecular flexibility index (Phi) is 8.00. The van der Waals surface area contributed by atoms with E-state index in [9.17, 15) is 14.3 Å². The van der Waals surface area contributed by atoms with Crippen molar-refractivity contribution in [3.05, 3.63) is 51.0 Å². The third-order valence-corrected chi connectivity index (χ3v) is 7.34. The van der Waals surface area contributed by atoms with Crippen LogP contribution in [0.4, 0.5) is 10.1 Å². The van der Waals surface area contributed by atoms with Gasteiger partial charge in [-0.3, -0.25) is 0 Å². The Labute approximate surface area is 203 Å². The van der Waals surface area contributed by atoms with Gasteiger partial charge in [-0.15, -0.1) is 11.3 Å². The Hall–Kier alpha value is -2.71. The molecule has 0 radical (unpaired) electrons. The van der Waals surface area contributed by atoms with E-state index in [2.05, 4.69) is 13.0 Å². The van der Waals surface area contributed by atoms with Crippen LogP contribution >= 0.6 is 11.3 Å². The first-order valence-corrected chi connectivity index (χ1v) is 12.5. The van der Waals surface area contributed by atoms with Crippen molar-refractivity contribution >= 4 is 28.7 Å². The Morgan fingerprint density at radius 2 is 2.03 bits per heavy atom. The van der Waals surface area contributed by atoms with Crippen molar-refractivity contribution in [3.63, 3.8) is 0 Å². The highest BCUT2D eigenvalue weighted by atomic mass is 32.1. The number of hydrogen-bond donors (Lipinski definition) is 1. The predicted octanol–water partition coefficient (Wildman–Crippen LogP) is 6.34. The van der Waals surface area contributed by atoms with Gasteiger partial charge in [0.25, 0.3) is 0 Å². The fraction of sp³-hybridized carbons (Fsp3) is 0.462. The van der Waals surface area contributed by atoms with Gasteiger partial charge in [0.15, 0.2) is 10.6 Å². The van der Waals surface area contributed by atoms with Crippen molar-refractivity contribution in [2.45, 2.75) is 58.0 Å². The number of allylic oxidation sites excluding steroid dienone is 2. The normalized spacial score (nSPS) is 18.8. The molecule has 1 saturated heterocycles. The second-order valence-corrected chi connectivity index (χ2v) is 9.72. The van der Waals surface area contributed by atoms with Gasteiger partial charge >= 0.3 is 5.97 Å². The Morgan fingerprint density at radius 1 is 1.24 bits per heavy atom. The molecule has 0 spiro atoms. The molecular weight excluding hydrogens is 457 g/mol. The molecule has 2 heterocycles. The fourth-order valence-corrected chi connectivity index (χ4v) is 5.45.